The van der Waals surface area contributed by atoms with Crippen LogP contribution >= 0.6 is 0 Å². The van der Waals surface area contributed by atoms with Crippen LogP contribution in [0.15, 0.2) is 24.3 Å². The van der Waals surface area contributed by atoms with Gasteiger partial charge in [-0.2, -0.15) is 0 Å². The molecule has 0 radical (unpaired) electrons. The molecular formula is C20H32N2O2. The van der Waals surface area contributed by atoms with Crippen molar-refractivity contribution in [2.75, 3.05) is 6.54 Å². The molecule has 0 spiro atoms. The number of rotatable bonds is 5. The van der Waals surface area contributed by atoms with Crippen molar-refractivity contribution in [3.05, 3.63) is 35.4 Å². The van der Waals surface area contributed by atoms with Gasteiger partial charge in [-0.05, 0) is 64.5 Å². The Labute approximate surface area is 146 Å². The zero-order valence-corrected chi connectivity index (χ0v) is 15.7. The summed E-state index contributed by atoms with van der Waals surface area (Å²) in [4.78, 5) is 11.9. The first-order chi connectivity index (χ1) is 11.3. The first kappa shape index (κ1) is 18.8. The summed E-state index contributed by atoms with van der Waals surface area (Å²) in [6.07, 6.45) is 3.20. The largest absolute Gasteiger partial charge is 0.444 e. The van der Waals surface area contributed by atoms with Gasteiger partial charge in [-0.25, -0.2) is 4.79 Å². The maximum atomic E-state index is 11.9. The minimum absolute atomic E-state index is 0.318. The van der Waals surface area contributed by atoms with Crippen molar-refractivity contribution in [2.24, 2.45) is 5.92 Å². The van der Waals surface area contributed by atoms with Crippen LogP contribution in [0.1, 0.15) is 64.1 Å². The molecule has 1 aliphatic carbocycles. The highest BCUT2D eigenvalue weighted by atomic mass is 16.6. The fraction of sp³-hybridized carbons (Fsp3) is 0.650. The first-order valence-corrected chi connectivity index (χ1v) is 9.04. The van der Waals surface area contributed by atoms with Crippen molar-refractivity contribution in [1.29, 1.82) is 0 Å². The highest BCUT2D eigenvalue weighted by molar-refractivity contribution is 5.67. The van der Waals surface area contributed by atoms with E-state index in [0.29, 0.717) is 24.5 Å². The molecule has 24 heavy (non-hydrogen) atoms. The molecule has 134 valence electrons. The number of aryl methyl sites for hydroxylation is 1. The summed E-state index contributed by atoms with van der Waals surface area (Å²) in [5.41, 5.74) is 2.22. The topological polar surface area (TPSA) is 50.4 Å². The third kappa shape index (κ3) is 5.52. The van der Waals surface area contributed by atoms with Gasteiger partial charge in [-0.15, -0.1) is 0 Å². The molecule has 1 amide bonds. The van der Waals surface area contributed by atoms with Crippen LogP contribution in [-0.2, 0) is 4.74 Å². The minimum atomic E-state index is -0.448. The van der Waals surface area contributed by atoms with E-state index < -0.39 is 5.60 Å². The maximum absolute atomic E-state index is 11.9. The van der Waals surface area contributed by atoms with Crippen LogP contribution in [0.4, 0.5) is 4.79 Å². The van der Waals surface area contributed by atoms with E-state index in [0.717, 1.165) is 12.8 Å². The smallest absolute Gasteiger partial charge is 0.407 e. The van der Waals surface area contributed by atoms with Gasteiger partial charge >= 0.3 is 6.09 Å². The van der Waals surface area contributed by atoms with Crippen molar-refractivity contribution >= 4 is 6.09 Å². The summed E-state index contributed by atoms with van der Waals surface area (Å²) in [6, 6.07) is 9.28. The highest BCUT2D eigenvalue weighted by Crippen LogP contribution is 2.28. The van der Waals surface area contributed by atoms with Crippen LogP contribution in [-0.4, -0.2) is 24.3 Å². The summed E-state index contributed by atoms with van der Waals surface area (Å²) < 4.78 is 5.33. The fourth-order valence-electron chi connectivity index (χ4n) is 3.51. The Bertz CT molecular complexity index is 551. The van der Waals surface area contributed by atoms with Gasteiger partial charge < -0.3 is 15.4 Å². The number of benzene rings is 1. The lowest BCUT2D eigenvalue weighted by atomic mass is 9.98. The number of alkyl carbamates (subject to hydrolysis) is 1. The van der Waals surface area contributed by atoms with E-state index >= 15 is 0 Å². The summed E-state index contributed by atoms with van der Waals surface area (Å²) in [5.74, 6) is 0.462. The number of hydrogen-bond donors (Lipinski definition) is 2. The first-order valence-electron chi connectivity index (χ1n) is 9.04. The number of nitrogens with one attached hydrogen (secondary N) is 2. The summed E-state index contributed by atoms with van der Waals surface area (Å²) in [6.45, 7) is 10.7. The van der Waals surface area contributed by atoms with Crippen molar-refractivity contribution in [2.45, 2.75) is 71.6 Å². The quantitative estimate of drug-likeness (QED) is 0.843. The Morgan fingerprint density at radius 1 is 1.29 bits per heavy atom. The molecule has 2 N–H and O–H groups in total. The number of amides is 1. The predicted octanol–water partition coefficient (Wildman–Crippen LogP) is 4.34. The van der Waals surface area contributed by atoms with Crippen LogP contribution in [0.3, 0.4) is 0 Å². The molecular weight excluding hydrogens is 300 g/mol. The van der Waals surface area contributed by atoms with Gasteiger partial charge in [0.2, 0.25) is 0 Å². The van der Waals surface area contributed by atoms with Gasteiger partial charge in [0.1, 0.15) is 5.60 Å². The second-order valence-electron chi connectivity index (χ2n) is 7.93. The molecule has 0 aliphatic heterocycles. The number of carbonyl (C=O) groups excluding carboxylic acids is 1. The summed E-state index contributed by atoms with van der Waals surface area (Å²) in [5, 5.41) is 6.70. The van der Waals surface area contributed by atoms with E-state index in [4.69, 9.17) is 4.74 Å². The van der Waals surface area contributed by atoms with Crippen LogP contribution in [0.5, 0.6) is 0 Å². The SMILES string of the molecule is Cc1ccccc1[C@H](C)NC1CCCC1CNC(=O)OC(C)(C)C. The second kappa shape index (κ2) is 8.02. The van der Waals surface area contributed by atoms with Crippen molar-refractivity contribution in [1.82, 2.24) is 10.6 Å². The van der Waals surface area contributed by atoms with Crippen LogP contribution in [0.25, 0.3) is 0 Å². The molecule has 1 fully saturated rings. The lowest BCUT2D eigenvalue weighted by molar-refractivity contribution is 0.0517. The van der Waals surface area contributed by atoms with Gasteiger partial charge in [0, 0.05) is 18.6 Å². The van der Waals surface area contributed by atoms with Crippen LogP contribution in [0.2, 0.25) is 0 Å². The van der Waals surface area contributed by atoms with Gasteiger partial charge in [-0.1, -0.05) is 30.7 Å². The van der Waals surface area contributed by atoms with Gasteiger partial charge in [0.15, 0.2) is 0 Å². The van der Waals surface area contributed by atoms with E-state index in [2.05, 4.69) is 48.7 Å². The maximum Gasteiger partial charge on any atom is 0.407 e. The van der Waals surface area contributed by atoms with E-state index in [1.807, 2.05) is 20.8 Å². The van der Waals surface area contributed by atoms with Gasteiger partial charge in [0.05, 0.1) is 0 Å². The molecule has 1 aromatic rings. The number of carbonyl (C=O) groups is 1. The Hall–Kier alpha value is -1.55. The lowest BCUT2D eigenvalue weighted by Gasteiger charge is -2.27. The Morgan fingerprint density at radius 2 is 2.00 bits per heavy atom. The van der Waals surface area contributed by atoms with E-state index in [1.165, 1.54) is 17.5 Å². The Morgan fingerprint density at radius 3 is 2.67 bits per heavy atom. The van der Waals surface area contributed by atoms with Crippen LogP contribution < -0.4 is 10.6 Å². The molecule has 4 nitrogen and oxygen atoms in total. The van der Waals surface area contributed by atoms with Crippen molar-refractivity contribution < 1.29 is 9.53 Å². The Kier molecular flexibility index (Phi) is 6.27. The minimum Gasteiger partial charge on any atom is -0.444 e. The molecule has 0 heterocycles. The normalized spacial score (nSPS) is 22.2. The number of ether oxygens (including phenoxy) is 1. The molecule has 2 rings (SSSR count). The average Bonchev–Trinajstić information content (AvgIpc) is 2.91. The predicted molar refractivity (Wildman–Crippen MR) is 98.1 cm³/mol. The zero-order valence-electron chi connectivity index (χ0n) is 15.7. The molecule has 0 bridgehead atoms. The molecule has 0 aromatic heterocycles. The highest BCUT2D eigenvalue weighted by Gasteiger charge is 2.29. The van der Waals surface area contributed by atoms with E-state index in [9.17, 15) is 4.79 Å². The van der Waals surface area contributed by atoms with Crippen molar-refractivity contribution in [3.8, 4) is 0 Å². The zero-order chi connectivity index (χ0) is 17.7. The third-order valence-corrected chi connectivity index (χ3v) is 4.69. The Balaban J connectivity index is 1.87. The monoisotopic (exact) mass is 332 g/mol. The molecule has 1 aromatic carbocycles. The fourth-order valence-corrected chi connectivity index (χ4v) is 3.51. The molecule has 0 saturated heterocycles. The average molecular weight is 332 g/mol. The van der Waals surface area contributed by atoms with E-state index in [1.54, 1.807) is 0 Å². The summed E-state index contributed by atoms with van der Waals surface area (Å²) in [7, 11) is 0. The summed E-state index contributed by atoms with van der Waals surface area (Å²) >= 11 is 0. The third-order valence-electron chi connectivity index (χ3n) is 4.69. The van der Waals surface area contributed by atoms with Gasteiger partial charge in [-0.3, -0.25) is 0 Å². The van der Waals surface area contributed by atoms with Crippen LogP contribution in [0, 0.1) is 12.8 Å². The standard InChI is InChI=1S/C20H32N2O2/c1-14-9-6-7-11-17(14)15(2)22-18-12-8-10-16(18)13-21-19(23)24-20(3,4)5/h6-7,9,11,15-16,18,22H,8,10,12-13H2,1-5H3,(H,21,23)/t15-,16?,18?/m0/s1. The number of hydrogen-bond acceptors (Lipinski definition) is 3. The molecule has 4 heteroatoms. The molecule has 2 unspecified atom stereocenters. The second-order valence-corrected chi connectivity index (χ2v) is 7.93. The van der Waals surface area contributed by atoms with Crippen molar-refractivity contribution in [3.63, 3.8) is 0 Å². The molecule has 3 atom stereocenters. The van der Waals surface area contributed by atoms with E-state index in [-0.39, 0.29) is 6.09 Å². The van der Waals surface area contributed by atoms with Gasteiger partial charge in [0.25, 0.3) is 0 Å². The molecule has 1 saturated carbocycles. The molecule has 1 aliphatic rings. The lowest BCUT2D eigenvalue weighted by Crippen LogP contribution is -2.41.